The zero-order valence-electron chi connectivity index (χ0n) is 13.2. The third-order valence-electron chi connectivity index (χ3n) is 3.81. The summed E-state index contributed by atoms with van der Waals surface area (Å²) in [5, 5.41) is 8.83. The minimum absolute atomic E-state index is 0.196. The van der Waals surface area contributed by atoms with Gasteiger partial charge in [-0.1, -0.05) is 25.4 Å². The maximum absolute atomic E-state index is 6.47. The fraction of sp³-hybridized carbons (Fsp3) is 0.500. The molecule has 0 bridgehead atoms. The van der Waals surface area contributed by atoms with E-state index in [2.05, 4.69) is 36.2 Å². The molecule has 4 nitrogen and oxygen atoms in total. The molecule has 0 saturated carbocycles. The van der Waals surface area contributed by atoms with E-state index in [0.29, 0.717) is 0 Å². The Bertz CT molecular complexity index is 606. The van der Waals surface area contributed by atoms with E-state index in [-0.39, 0.29) is 6.04 Å². The van der Waals surface area contributed by atoms with Crippen LogP contribution in [0.5, 0.6) is 0 Å². The summed E-state index contributed by atoms with van der Waals surface area (Å²) in [5.74, 6) is 0. The van der Waals surface area contributed by atoms with Gasteiger partial charge >= 0.3 is 0 Å². The summed E-state index contributed by atoms with van der Waals surface area (Å²) in [5.41, 5.74) is 4.50. The lowest BCUT2D eigenvalue weighted by Gasteiger charge is -2.20. The van der Waals surface area contributed by atoms with Gasteiger partial charge in [-0.05, 0) is 37.1 Å². The van der Waals surface area contributed by atoms with Crippen LogP contribution in [0.3, 0.4) is 0 Å². The molecule has 1 N–H and O–H groups in total. The zero-order valence-corrected chi connectivity index (χ0v) is 13.9. The number of nitrogens with zero attached hydrogens (tertiary/aromatic N) is 3. The predicted molar refractivity (Wildman–Crippen MR) is 86.7 cm³/mol. The summed E-state index contributed by atoms with van der Waals surface area (Å²) in [6.45, 7) is 7.20. The minimum Gasteiger partial charge on any atom is -0.310 e. The molecule has 1 unspecified atom stereocenters. The number of halogens is 1. The topological polar surface area (TPSA) is 42.7 Å². The molecule has 0 aliphatic carbocycles. The van der Waals surface area contributed by atoms with Gasteiger partial charge in [0, 0.05) is 31.9 Å². The SMILES string of the molecule is CCNC(Cc1c(Cl)c(CC)nn1C)c1cnccc1C. The van der Waals surface area contributed by atoms with E-state index in [0.717, 1.165) is 35.8 Å². The van der Waals surface area contributed by atoms with E-state index in [1.165, 1.54) is 11.1 Å². The van der Waals surface area contributed by atoms with Crippen molar-refractivity contribution in [2.24, 2.45) is 7.05 Å². The van der Waals surface area contributed by atoms with Crippen LogP contribution in [0.15, 0.2) is 18.5 Å². The molecule has 0 aromatic carbocycles. The van der Waals surface area contributed by atoms with Crippen molar-refractivity contribution in [3.63, 3.8) is 0 Å². The van der Waals surface area contributed by atoms with Crippen LogP contribution in [0.2, 0.25) is 5.02 Å². The summed E-state index contributed by atoms with van der Waals surface area (Å²) in [4.78, 5) is 4.26. The van der Waals surface area contributed by atoms with Gasteiger partial charge in [0.05, 0.1) is 16.4 Å². The Morgan fingerprint density at radius 3 is 2.71 bits per heavy atom. The van der Waals surface area contributed by atoms with E-state index in [1.54, 1.807) is 0 Å². The third-order valence-corrected chi connectivity index (χ3v) is 4.24. The second-order valence-corrected chi connectivity index (χ2v) is 5.61. The highest BCUT2D eigenvalue weighted by molar-refractivity contribution is 6.31. The summed E-state index contributed by atoms with van der Waals surface area (Å²) < 4.78 is 1.90. The molecule has 1 atom stereocenters. The minimum atomic E-state index is 0.196. The first-order valence-electron chi connectivity index (χ1n) is 7.42. The van der Waals surface area contributed by atoms with Crippen molar-refractivity contribution in [3.8, 4) is 0 Å². The van der Waals surface area contributed by atoms with Gasteiger partial charge in [-0.15, -0.1) is 0 Å². The van der Waals surface area contributed by atoms with Crippen LogP contribution in [-0.2, 0) is 19.9 Å². The number of rotatable bonds is 6. The van der Waals surface area contributed by atoms with Crippen LogP contribution in [0, 0.1) is 6.92 Å². The zero-order chi connectivity index (χ0) is 15.4. The number of aromatic nitrogens is 3. The first kappa shape index (κ1) is 16.0. The molecule has 0 spiro atoms. The van der Waals surface area contributed by atoms with Gasteiger partial charge in [-0.2, -0.15) is 5.10 Å². The van der Waals surface area contributed by atoms with Crippen molar-refractivity contribution < 1.29 is 0 Å². The van der Waals surface area contributed by atoms with Gasteiger partial charge in [-0.3, -0.25) is 9.67 Å². The second-order valence-electron chi connectivity index (χ2n) is 5.23. The first-order chi connectivity index (χ1) is 10.1. The Balaban J connectivity index is 2.33. The standard InChI is InChI=1S/C16H23ClN4/c1-5-13-16(17)15(21(4)20-13)9-14(19-6-2)12-10-18-8-7-11(12)3/h7-8,10,14,19H,5-6,9H2,1-4H3. The van der Waals surface area contributed by atoms with Crippen molar-refractivity contribution >= 4 is 11.6 Å². The molecule has 0 amide bonds. The monoisotopic (exact) mass is 306 g/mol. The Kier molecular flexibility index (Phi) is 5.37. The average molecular weight is 307 g/mol. The number of pyridine rings is 1. The lowest BCUT2D eigenvalue weighted by atomic mass is 9.99. The summed E-state index contributed by atoms with van der Waals surface area (Å²) >= 11 is 6.47. The van der Waals surface area contributed by atoms with Gasteiger partial charge in [0.15, 0.2) is 0 Å². The van der Waals surface area contributed by atoms with Gasteiger partial charge in [0.25, 0.3) is 0 Å². The first-order valence-corrected chi connectivity index (χ1v) is 7.80. The number of nitrogens with one attached hydrogen (secondary N) is 1. The molecule has 0 aliphatic rings. The molecular weight excluding hydrogens is 284 g/mol. The lowest BCUT2D eigenvalue weighted by Crippen LogP contribution is -2.25. The van der Waals surface area contributed by atoms with Crippen molar-refractivity contribution in [1.29, 1.82) is 0 Å². The molecule has 21 heavy (non-hydrogen) atoms. The Morgan fingerprint density at radius 2 is 2.14 bits per heavy atom. The average Bonchev–Trinajstić information content (AvgIpc) is 2.74. The number of hydrogen-bond donors (Lipinski definition) is 1. The summed E-state index contributed by atoms with van der Waals surface area (Å²) in [7, 11) is 1.96. The van der Waals surface area contributed by atoms with E-state index < -0.39 is 0 Å². The maximum atomic E-state index is 6.47. The fourth-order valence-corrected chi connectivity index (χ4v) is 2.99. The molecular formula is C16H23ClN4. The van der Waals surface area contributed by atoms with Crippen LogP contribution in [0.4, 0.5) is 0 Å². The highest BCUT2D eigenvalue weighted by atomic mass is 35.5. The molecule has 5 heteroatoms. The second kappa shape index (κ2) is 7.05. The van der Waals surface area contributed by atoms with Crippen LogP contribution in [-0.4, -0.2) is 21.3 Å². The number of aryl methyl sites for hydroxylation is 3. The normalized spacial score (nSPS) is 12.6. The van der Waals surface area contributed by atoms with Gasteiger partial charge in [0.1, 0.15) is 0 Å². The number of hydrogen-bond acceptors (Lipinski definition) is 3. The molecule has 0 fully saturated rings. The molecule has 0 radical (unpaired) electrons. The van der Waals surface area contributed by atoms with Crippen LogP contribution in [0.25, 0.3) is 0 Å². The van der Waals surface area contributed by atoms with E-state index in [1.807, 2.05) is 30.2 Å². The quantitative estimate of drug-likeness (QED) is 0.891. The van der Waals surface area contributed by atoms with Gasteiger partial charge in [0.2, 0.25) is 0 Å². The van der Waals surface area contributed by atoms with Crippen molar-refractivity contribution in [1.82, 2.24) is 20.1 Å². The van der Waals surface area contributed by atoms with Crippen molar-refractivity contribution in [2.45, 2.75) is 39.7 Å². The highest BCUT2D eigenvalue weighted by Gasteiger charge is 2.20. The van der Waals surface area contributed by atoms with E-state index in [4.69, 9.17) is 11.6 Å². The summed E-state index contributed by atoms with van der Waals surface area (Å²) in [6, 6.07) is 2.24. The number of likely N-dealkylation sites (N-methyl/N-ethyl adjacent to an activating group) is 1. The molecule has 0 aliphatic heterocycles. The molecule has 0 saturated heterocycles. The smallest absolute Gasteiger partial charge is 0.0850 e. The van der Waals surface area contributed by atoms with E-state index >= 15 is 0 Å². The van der Waals surface area contributed by atoms with Crippen molar-refractivity contribution in [3.05, 3.63) is 46.0 Å². The maximum Gasteiger partial charge on any atom is 0.0850 e. The van der Waals surface area contributed by atoms with E-state index in [9.17, 15) is 0 Å². The fourth-order valence-electron chi connectivity index (χ4n) is 2.61. The van der Waals surface area contributed by atoms with Crippen LogP contribution >= 0.6 is 11.6 Å². The van der Waals surface area contributed by atoms with Crippen LogP contribution in [0.1, 0.15) is 42.4 Å². The molecule has 2 aromatic heterocycles. The molecule has 2 rings (SSSR count). The molecule has 2 heterocycles. The van der Waals surface area contributed by atoms with Crippen LogP contribution < -0.4 is 5.32 Å². The molecule has 2 aromatic rings. The lowest BCUT2D eigenvalue weighted by molar-refractivity contribution is 0.525. The van der Waals surface area contributed by atoms with Crippen molar-refractivity contribution in [2.75, 3.05) is 6.54 Å². The third kappa shape index (κ3) is 3.44. The Labute approximate surface area is 131 Å². The Morgan fingerprint density at radius 1 is 1.38 bits per heavy atom. The largest absolute Gasteiger partial charge is 0.310 e. The predicted octanol–water partition coefficient (Wildman–Crippen LogP) is 3.23. The molecule has 114 valence electrons. The Hall–Kier alpha value is -1.39. The summed E-state index contributed by atoms with van der Waals surface area (Å²) in [6.07, 6.45) is 5.43. The van der Waals surface area contributed by atoms with Gasteiger partial charge < -0.3 is 5.32 Å². The highest BCUT2D eigenvalue weighted by Crippen LogP contribution is 2.27. The van der Waals surface area contributed by atoms with Gasteiger partial charge in [-0.25, -0.2) is 0 Å².